The van der Waals surface area contributed by atoms with Crippen molar-refractivity contribution in [1.82, 2.24) is 0 Å². The molecule has 2 atom stereocenters. The van der Waals surface area contributed by atoms with Gasteiger partial charge in [0.05, 0.1) is 6.10 Å². The highest BCUT2D eigenvalue weighted by Crippen LogP contribution is 2.28. The largest absolute Gasteiger partial charge is 0.392 e. The van der Waals surface area contributed by atoms with Crippen LogP contribution in [0.2, 0.25) is 0 Å². The van der Waals surface area contributed by atoms with Crippen LogP contribution >= 0.6 is 27.7 Å². The summed E-state index contributed by atoms with van der Waals surface area (Å²) in [5, 5.41) is 10.0. The Balaban J connectivity index is 2.04. The van der Waals surface area contributed by atoms with E-state index in [4.69, 9.17) is 0 Å². The molecule has 2 rings (SSSR count). The summed E-state index contributed by atoms with van der Waals surface area (Å²) in [5.41, 5.74) is 0.596. The normalized spacial score (nSPS) is 22.3. The summed E-state index contributed by atoms with van der Waals surface area (Å²) < 4.78 is 14.3. The smallest absolute Gasteiger partial charge is 0.126 e. The maximum atomic E-state index is 13.5. The summed E-state index contributed by atoms with van der Waals surface area (Å²) in [5.74, 6) is 2.20. The third-order valence-electron chi connectivity index (χ3n) is 2.95. The highest BCUT2D eigenvalue weighted by Gasteiger charge is 2.24. The lowest BCUT2D eigenvalue weighted by atomic mass is 9.95. The summed E-state index contributed by atoms with van der Waals surface area (Å²) in [6.07, 6.45) is 1.04. The molecule has 0 aliphatic carbocycles. The standard InChI is InChI=1S/C12H14BrFOS/c13-10-1-2-11(14)9(5-10)6-12(15)8-3-4-16-7-8/h1-2,5,8,12,15H,3-4,6-7H2. The van der Waals surface area contributed by atoms with Crippen molar-refractivity contribution in [3.05, 3.63) is 34.1 Å². The first-order valence-corrected chi connectivity index (χ1v) is 7.31. The summed E-state index contributed by atoms with van der Waals surface area (Å²) in [4.78, 5) is 0. The number of halogens is 2. The van der Waals surface area contributed by atoms with E-state index < -0.39 is 6.10 Å². The lowest BCUT2D eigenvalue weighted by Gasteiger charge is -2.17. The molecule has 0 amide bonds. The van der Waals surface area contributed by atoms with E-state index in [2.05, 4.69) is 15.9 Å². The van der Waals surface area contributed by atoms with Crippen molar-refractivity contribution in [2.24, 2.45) is 5.92 Å². The molecule has 4 heteroatoms. The zero-order valence-electron chi connectivity index (χ0n) is 8.83. The van der Waals surface area contributed by atoms with Crippen molar-refractivity contribution < 1.29 is 9.50 Å². The van der Waals surface area contributed by atoms with Gasteiger partial charge in [-0.15, -0.1) is 0 Å². The van der Waals surface area contributed by atoms with Gasteiger partial charge in [-0.25, -0.2) is 4.39 Å². The molecule has 0 aromatic heterocycles. The summed E-state index contributed by atoms with van der Waals surface area (Å²) in [7, 11) is 0. The molecule has 1 aliphatic heterocycles. The van der Waals surface area contributed by atoms with Crippen molar-refractivity contribution in [2.45, 2.75) is 18.9 Å². The highest BCUT2D eigenvalue weighted by atomic mass is 79.9. The molecular formula is C12H14BrFOS. The molecule has 1 fully saturated rings. The van der Waals surface area contributed by atoms with Gasteiger partial charge >= 0.3 is 0 Å². The second-order valence-corrected chi connectivity index (χ2v) is 6.20. The number of thioether (sulfide) groups is 1. The molecule has 1 aliphatic rings. The lowest BCUT2D eigenvalue weighted by molar-refractivity contribution is 0.119. The molecule has 88 valence electrons. The van der Waals surface area contributed by atoms with Crippen molar-refractivity contribution in [1.29, 1.82) is 0 Å². The molecule has 1 aromatic rings. The van der Waals surface area contributed by atoms with Crippen LogP contribution in [0.3, 0.4) is 0 Å². The van der Waals surface area contributed by atoms with Gasteiger partial charge in [-0.05, 0) is 47.6 Å². The fourth-order valence-corrected chi connectivity index (χ4v) is 3.68. The Morgan fingerprint density at radius 3 is 3.06 bits per heavy atom. The zero-order chi connectivity index (χ0) is 11.5. The number of benzene rings is 1. The van der Waals surface area contributed by atoms with E-state index in [1.54, 1.807) is 12.1 Å². The third kappa shape index (κ3) is 2.99. The Bertz CT molecular complexity index is 366. The maximum Gasteiger partial charge on any atom is 0.126 e. The molecule has 0 radical (unpaired) electrons. The SMILES string of the molecule is OC(Cc1cc(Br)ccc1F)C1CCSC1. The van der Waals surface area contributed by atoms with Crippen LogP contribution in [0.15, 0.2) is 22.7 Å². The fourth-order valence-electron chi connectivity index (χ4n) is 1.95. The molecule has 0 spiro atoms. The van der Waals surface area contributed by atoms with Crippen molar-refractivity contribution in [3.63, 3.8) is 0 Å². The molecule has 1 saturated heterocycles. The van der Waals surface area contributed by atoms with Crippen molar-refractivity contribution >= 4 is 27.7 Å². The predicted octanol–water partition coefficient (Wildman–Crippen LogP) is 3.24. The van der Waals surface area contributed by atoms with E-state index in [-0.39, 0.29) is 5.82 Å². The maximum absolute atomic E-state index is 13.5. The minimum absolute atomic E-state index is 0.229. The Morgan fingerprint density at radius 1 is 1.56 bits per heavy atom. The van der Waals surface area contributed by atoms with Crippen LogP contribution in [0, 0.1) is 11.7 Å². The average Bonchev–Trinajstić information content (AvgIpc) is 2.76. The van der Waals surface area contributed by atoms with Gasteiger partial charge < -0.3 is 5.11 Å². The van der Waals surface area contributed by atoms with Crippen molar-refractivity contribution in [2.75, 3.05) is 11.5 Å². The van der Waals surface area contributed by atoms with Crippen LogP contribution in [-0.4, -0.2) is 22.7 Å². The summed E-state index contributed by atoms with van der Waals surface area (Å²) >= 11 is 5.18. The topological polar surface area (TPSA) is 20.2 Å². The second-order valence-electron chi connectivity index (χ2n) is 4.13. The van der Waals surface area contributed by atoms with Gasteiger partial charge in [-0.2, -0.15) is 11.8 Å². The Morgan fingerprint density at radius 2 is 2.38 bits per heavy atom. The minimum Gasteiger partial charge on any atom is -0.392 e. The van der Waals surface area contributed by atoms with Crippen LogP contribution in [0.25, 0.3) is 0 Å². The summed E-state index contributed by atoms with van der Waals surface area (Å²) in [6, 6.07) is 4.87. The third-order valence-corrected chi connectivity index (χ3v) is 4.63. The molecule has 0 saturated carbocycles. The predicted molar refractivity (Wildman–Crippen MR) is 69.2 cm³/mol. The number of aliphatic hydroxyl groups excluding tert-OH is 1. The monoisotopic (exact) mass is 304 g/mol. The molecule has 1 N–H and O–H groups in total. The number of hydrogen-bond acceptors (Lipinski definition) is 2. The minimum atomic E-state index is -0.418. The summed E-state index contributed by atoms with van der Waals surface area (Å²) in [6.45, 7) is 0. The Hall–Kier alpha value is -0.0600. The van der Waals surface area contributed by atoms with E-state index >= 15 is 0 Å². The quantitative estimate of drug-likeness (QED) is 0.925. The van der Waals surface area contributed by atoms with Gasteiger partial charge in [0.25, 0.3) is 0 Å². The molecule has 1 aromatic carbocycles. The molecule has 0 bridgehead atoms. The van der Waals surface area contributed by atoms with Crippen LogP contribution < -0.4 is 0 Å². The van der Waals surface area contributed by atoms with Gasteiger partial charge in [0.2, 0.25) is 0 Å². The Kier molecular flexibility index (Phi) is 4.27. The van der Waals surface area contributed by atoms with Gasteiger partial charge in [-0.1, -0.05) is 15.9 Å². The van der Waals surface area contributed by atoms with Crippen LogP contribution in [0.4, 0.5) is 4.39 Å². The first kappa shape index (κ1) is 12.4. The van der Waals surface area contributed by atoms with Gasteiger partial charge in [0.15, 0.2) is 0 Å². The van der Waals surface area contributed by atoms with Crippen LogP contribution in [0.5, 0.6) is 0 Å². The lowest BCUT2D eigenvalue weighted by Crippen LogP contribution is -2.23. The number of rotatable bonds is 3. The fraction of sp³-hybridized carbons (Fsp3) is 0.500. The van der Waals surface area contributed by atoms with Gasteiger partial charge in [0, 0.05) is 10.9 Å². The van der Waals surface area contributed by atoms with Gasteiger partial charge in [-0.3, -0.25) is 0 Å². The zero-order valence-corrected chi connectivity index (χ0v) is 11.2. The van der Waals surface area contributed by atoms with E-state index in [0.717, 1.165) is 22.4 Å². The van der Waals surface area contributed by atoms with Crippen LogP contribution in [-0.2, 0) is 6.42 Å². The number of aliphatic hydroxyl groups is 1. The van der Waals surface area contributed by atoms with Gasteiger partial charge in [0.1, 0.15) is 5.82 Å². The Labute approximate surface area is 108 Å². The molecule has 1 nitrogen and oxygen atoms in total. The first-order valence-electron chi connectivity index (χ1n) is 5.36. The second kappa shape index (κ2) is 5.52. The molecular weight excluding hydrogens is 291 g/mol. The van der Waals surface area contributed by atoms with E-state index in [9.17, 15) is 9.50 Å². The van der Waals surface area contributed by atoms with Crippen LogP contribution in [0.1, 0.15) is 12.0 Å². The molecule has 16 heavy (non-hydrogen) atoms. The number of hydrogen-bond donors (Lipinski definition) is 1. The highest BCUT2D eigenvalue weighted by molar-refractivity contribution is 9.10. The molecule has 1 heterocycles. The van der Waals surface area contributed by atoms with E-state index in [1.165, 1.54) is 6.07 Å². The molecule has 2 unspecified atom stereocenters. The first-order chi connectivity index (χ1) is 7.66. The van der Waals surface area contributed by atoms with E-state index in [0.29, 0.717) is 17.9 Å². The van der Waals surface area contributed by atoms with Crippen molar-refractivity contribution in [3.8, 4) is 0 Å². The average molecular weight is 305 g/mol. The van der Waals surface area contributed by atoms with E-state index in [1.807, 2.05) is 11.8 Å².